The van der Waals surface area contributed by atoms with Crippen molar-refractivity contribution in [1.29, 1.82) is 0 Å². The van der Waals surface area contributed by atoms with Crippen LogP contribution in [0.15, 0.2) is 69.3 Å². The summed E-state index contributed by atoms with van der Waals surface area (Å²) >= 11 is 2.88. The molecule has 1 saturated heterocycles. The Morgan fingerprint density at radius 1 is 1.00 bits per heavy atom. The largest absolute Gasteiger partial charge is 0.326 e. The molecule has 2 aliphatic carbocycles. The zero-order chi connectivity index (χ0) is 28.6. The summed E-state index contributed by atoms with van der Waals surface area (Å²) < 4.78 is 22.9. The Kier molecular flexibility index (Phi) is 6.27. The number of sulfonamides is 1. The van der Waals surface area contributed by atoms with Crippen molar-refractivity contribution < 1.29 is 22.8 Å². The summed E-state index contributed by atoms with van der Waals surface area (Å²) in [7, 11) is -3.85. The van der Waals surface area contributed by atoms with Gasteiger partial charge in [0.1, 0.15) is 0 Å². The number of aromatic amines is 1. The maximum atomic E-state index is 13.7. The van der Waals surface area contributed by atoms with Crippen LogP contribution >= 0.6 is 23.1 Å². The van der Waals surface area contributed by atoms with Gasteiger partial charge >= 0.3 is 4.87 Å². The van der Waals surface area contributed by atoms with E-state index in [0.717, 1.165) is 21.9 Å². The van der Waals surface area contributed by atoms with Gasteiger partial charge in [-0.15, -0.1) is 11.8 Å². The summed E-state index contributed by atoms with van der Waals surface area (Å²) in [6.45, 7) is -0.0174. The highest BCUT2D eigenvalue weighted by Gasteiger charge is 2.69. The summed E-state index contributed by atoms with van der Waals surface area (Å²) in [4.78, 5) is 57.4. The number of nitrogens with two attached hydrogens (primary N) is 1. The molecule has 3 fully saturated rings. The maximum absolute atomic E-state index is 13.7. The molecule has 7 rings (SSSR count). The average molecular weight is 611 g/mol. The van der Waals surface area contributed by atoms with Gasteiger partial charge in [-0.05, 0) is 54.0 Å². The number of nitrogens with one attached hydrogen (secondary N) is 2. The molecule has 2 aromatic carbocycles. The zero-order valence-corrected chi connectivity index (χ0v) is 24.0. The molecule has 7 unspecified atom stereocenters. The fraction of sp³-hybridized carbons (Fsp3) is 0.357. The number of primary sulfonamides is 1. The topological polar surface area (TPSA) is 159 Å². The summed E-state index contributed by atoms with van der Waals surface area (Å²) in [6, 6.07) is 15.5. The van der Waals surface area contributed by atoms with Gasteiger partial charge in [-0.3, -0.25) is 24.1 Å². The number of hydrogen-bond donors (Lipinski definition) is 3. The quantitative estimate of drug-likeness (QED) is 0.362. The van der Waals surface area contributed by atoms with Gasteiger partial charge in [0.2, 0.25) is 27.7 Å². The molecule has 0 radical (unpaired) electrons. The molecule has 1 aromatic heterocycles. The van der Waals surface area contributed by atoms with E-state index in [2.05, 4.69) is 22.4 Å². The van der Waals surface area contributed by atoms with Crippen LogP contribution in [-0.2, 0) is 24.4 Å². The average Bonchev–Trinajstić information content (AvgIpc) is 3.67. The lowest BCUT2D eigenvalue weighted by Crippen LogP contribution is -2.42. The van der Waals surface area contributed by atoms with Gasteiger partial charge < -0.3 is 10.3 Å². The van der Waals surface area contributed by atoms with Crippen LogP contribution in [0, 0.1) is 29.6 Å². The molecule has 10 nitrogen and oxygen atoms in total. The Hall–Kier alpha value is -3.26. The lowest BCUT2D eigenvalue weighted by molar-refractivity contribution is -0.141. The van der Waals surface area contributed by atoms with E-state index in [0.29, 0.717) is 5.69 Å². The summed E-state index contributed by atoms with van der Waals surface area (Å²) in [5.41, 5.74) is 1.50. The number of hydrogen-bond acceptors (Lipinski definition) is 8. The molecule has 2 saturated carbocycles. The number of benzene rings is 2. The molecule has 4 N–H and O–H groups in total. The number of rotatable bonds is 6. The van der Waals surface area contributed by atoms with E-state index in [-0.39, 0.29) is 63.5 Å². The third-order valence-electron chi connectivity index (χ3n) is 9.00. The number of likely N-dealkylation sites (tertiary alicyclic amines) is 1. The minimum atomic E-state index is -3.85. The first-order valence-corrected chi connectivity index (χ1v) is 16.6. The highest BCUT2D eigenvalue weighted by molar-refractivity contribution is 8.00. The molecule has 3 aromatic rings. The van der Waals surface area contributed by atoms with E-state index in [1.165, 1.54) is 40.5 Å². The van der Waals surface area contributed by atoms with Crippen molar-refractivity contribution in [3.05, 3.63) is 74.7 Å². The Labute approximate surface area is 243 Å². The maximum Gasteiger partial charge on any atom is 0.305 e. The van der Waals surface area contributed by atoms with Crippen molar-refractivity contribution >= 4 is 56.5 Å². The van der Waals surface area contributed by atoms with Crippen LogP contribution in [0.4, 0.5) is 5.69 Å². The van der Waals surface area contributed by atoms with Crippen LogP contribution < -0.4 is 15.3 Å². The molecule has 3 amide bonds. The van der Waals surface area contributed by atoms with Crippen molar-refractivity contribution in [3.8, 4) is 0 Å². The van der Waals surface area contributed by atoms with Crippen molar-refractivity contribution in [3.63, 3.8) is 0 Å². The standard InChI is InChI=1S/C28H26N4O6S3/c29-41(37,38)15-8-6-14(7-9-15)30-18(33)10-11-32-26(34)21-16-12-17(22(21)27(32)35)23-20(16)19(13-4-2-1-3-5-13)24-25(39-23)31-28(36)40-24/h1-9,16-17,19-23H,10-12H2,(H,30,33)(H,31,36)(H2,29,37,38). The van der Waals surface area contributed by atoms with E-state index in [4.69, 9.17) is 5.14 Å². The number of H-pyrrole nitrogens is 1. The number of carbonyl (C=O) groups is 3. The lowest BCUT2D eigenvalue weighted by atomic mass is 9.68. The Balaban J connectivity index is 1.09. The second-order valence-electron chi connectivity index (χ2n) is 11.1. The van der Waals surface area contributed by atoms with Gasteiger partial charge in [-0.1, -0.05) is 41.7 Å². The molecule has 2 bridgehead atoms. The molecule has 41 heavy (non-hydrogen) atoms. The number of imide groups is 1. The van der Waals surface area contributed by atoms with Gasteiger partial charge in [0.25, 0.3) is 0 Å². The van der Waals surface area contributed by atoms with E-state index >= 15 is 0 Å². The minimum Gasteiger partial charge on any atom is -0.326 e. The molecular formula is C28H26N4O6S3. The predicted octanol–water partition coefficient (Wildman–Crippen LogP) is 2.59. The molecule has 2 aliphatic heterocycles. The number of nitrogens with zero attached hydrogens (tertiary/aromatic N) is 1. The first-order chi connectivity index (χ1) is 19.6. The number of thiazole rings is 1. The van der Waals surface area contributed by atoms with Gasteiger partial charge in [-0.2, -0.15) is 0 Å². The van der Waals surface area contributed by atoms with Gasteiger partial charge in [0.05, 0.1) is 21.8 Å². The number of thioether (sulfide) groups is 1. The summed E-state index contributed by atoms with van der Waals surface area (Å²) in [5.74, 6) is -1.46. The normalized spacial score (nSPS) is 29.8. The first-order valence-electron chi connectivity index (χ1n) is 13.3. The molecular weight excluding hydrogens is 585 g/mol. The molecule has 13 heteroatoms. The third-order valence-corrected chi connectivity index (χ3v) is 12.5. The summed E-state index contributed by atoms with van der Waals surface area (Å²) in [5, 5.41) is 8.78. The van der Waals surface area contributed by atoms with E-state index in [1.807, 2.05) is 18.2 Å². The van der Waals surface area contributed by atoms with Crippen molar-refractivity contribution in [1.82, 2.24) is 9.88 Å². The highest BCUT2D eigenvalue weighted by Crippen LogP contribution is 2.68. The number of carbonyl (C=O) groups excluding carboxylic acids is 3. The van der Waals surface area contributed by atoms with E-state index in [9.17, 15) is 27.6 Å². The smallest absolute Gasteiger partial charge is 0.305 e. The van der Waals surface area contributed by atoms with Crippen LogP contribution in [0.2, 0.25) is 0 Å². The Bertz CT molecular complexity index is 1740. The molecule has 3 heterocycles. The number of aromatic nitrogens is 1. The third kappa shape index (κ3) is 4.28. The fourth-order valence-electron chi connectivity index (χ4n) is 7.50. The lowest BCUT2D eigenvalue weighted by Gasteiger charge is -2.43. The first kappa shape index (κ1) is 26.6. The van der Waals surface area contributed by atoms with Gasteiger partial charge in [-0.25, -0.2) is 13.6 Å². The monoisotopic (exact) mass is 610 g/mol. The molecule has 4 aliphatic rings. The Morgan fingerprint density at radius 2 is 1.68 bits per heavy atom. The molecule has 0 spiro atoms. The second kappa shape index (κ2) is 9.65. The number of anilines is 1. The molecule has 212 valence electrons. The van der Waals surface area contributed by atoms with Crippen LogP contribution in [0.1, 0.15) is 29.2 Å². The van der Waals surface area contributed by atoms with Crippen molar-refractivity contribution in [2.24, 2.45) is 34.7 Å². The van der Waals surface area contributed by atoms with Crippen molar-refractivity contribution in [2.45, 2.75) is 33.9 Å². The van der Waals surface area contributed by atoms with Crippen molar-refractivity contribution in [2.75, 3.05) is 11.9 Å². The van der Waals surface area contributed by atoms with E-state index < -0.39 is 27.8 Å². The van der Waals surface area contributed by atoms with Gasteiger partial charge in [0, 0.05) is 34.7 Å². The zero-order valence-electron chi connectivity index (χ0n) is 21.6. The van der Waals surface area contributed by atoms with Crippen LogP contribution in [-0.4, -0.2) is 47.8 Å². The van der Waals surface area contributed by atoms with Crippen LogP contribution in [0.5, 0.6) is 0 Å². The minimum absolute atomic E-state index is 0.0132. The molecule has 7 atom stereocenters. The van der Waals surface area contributed by atoms with Crippen LogP contribution in [0.3, 0.4) is 0 Å². The van der Waals surface area contributed by atoms with Gasteiger partial charge in [0.15, 0.2) is 0 Å². The Morgan fingerprint density at radius 3 is 2.37 bits per heavy atom. The highest BCUT2D eigenvalue weighted by atomic mass is 32.2. The van der Waals surface area contributed by atoms with E-state index in [1.54, 1.807) is 11.8 Å². The number of fused-ring (bicyclic) bond motifs is 9. The van der Waals surface area contributed by atoms with Crippen LogP contribution in [0.25, 0.3) is 0 Å². The SMILES string of the molecule is NS(=O)(=O)c1ccc(NC(=O)CCN2C(=O)C3C4CC(C3C2=O)C2C(c3ccccc3)c3sc(=O)[nH]c3SC42)cc1. The predicted molar refractivity (Wildman–Crippen MR) is 153 cm³/mol. The second-order valence-corrected chi connectivity index (χ2v) is 14.8. The summed E-state index contributed by atoms with van der Waals surface area (Å²) in [6.07, 6.45) is 0.733. The fourth-order valence-corrected chi connectivity index (χ4v) is 10.9. The number of amides is 3.